The molecule has 7 rings (SSSR count). The molecule has 63 heavy (non-hydrogen) atoms. The summed E-state index contributed by atoms with van der Waals surface area (Å²) < 4.78 is 45.7. The van der Waals surface area contributed by atoms with Gasteiger partial charge in [-0.25, -0.2) is 4.79 Å². The van der Waals surface area contributed by atoms with Gasteiger partial charge in [-0.1, -0.05) is 13.0 Å². The van der Waals surface area contributed by atoms with Crippen LogP contribution in [-0.2, 0) is 23.7 Å². The van der Waals surface area contributed by atoms with E-state index < -0.39 is 120 Å². The smallest absolute Gasteiger partial charge is 0.331 e. The van der Waals surface area contributed by atoms with Gasteiger partial charge in [-0.15, -0.1) is 0 Å². The first-order valence-corrected chi connectivity index (χ1v) is 20.1. The second-order valence-corrected chi connectivity index (χ2v) is 16.8. The Morgan fingerprint density at radius 1 is 0.857 bits per heavy atom. The van der Waals surface area contributed by atoms with Crippen LogP contribution in [0.2, 0.25) is 0 Å². The zero-order chi connectivity index (χ0) is 45.8. The number of ether oxygens (including phenoxy) is 7. The van der Waals surface area contributed by atoms with Crippen molar-refractivity contribution >= 4 is 16.9 Å². The minimum atomic E-state index is -1.92. The van der Waals surface area contributed by atoms with Crippen molar-refractivity contribution in [1.82, 2.24) is 0 Å². The van der Waals surface area contributed by atoms with Crippen molar-refractivity contribution in [3.8, 4) is 34.3 Å². The number of hydrogen-bond acceptors (Lipinski definition) is 20. The summed E-state index contributed by atoms with van der Waals surface area (Å²) in [6.45, 7) is 3.78. The molecule has 2 aromatic carbocycles. The molecule has 4 fully saturated rings. The number of carbonyl (C=O) groups is 1. The number of esters is 1. The first-order chi connectivity index (χ1) is 29.8. The lowest BCUT2D eigenvalue weighted by atomic mass is 9.59. The highest BCUT2D eigenvalue weighted by atomic mass is 16.7. The van der Waals surface area contributed by atoms with E-state index in [2.05, 4.69) is 0 Å². The molecule has 14 unspecified atom stereocenters. The van der Waals surface area contributed by atoms with Crippen molar-refractivity contribution < 1.29 is 93.4 Å². The van der Waals surface area contributed by atoms with Crippen LogP contribution in [0.25, 0.3) is 22.3 Å². The van der Waals surface area contributed by atoms with Crippen LogP contribution in [0.4, 0.5) is 0 Å². The van der Waals surface area contributed by atoms with Gasteiger partial charge in [-0.2, -0.15) is 0 Å². The monoisotopic (exact) mass is 888 g/mol. The number of rotatable bonds is 12. The van der Waals surface area contributed by atoms with Crippen molar-refractivity contribution in [1.29, 1.82) is 0 Å². The number of benzene rings is 2. The number of allylic oxidation sites excluding steroid dienone is 2. The minimum Gasteiger partial charge on any atom is -0.507 e. The number of fused-ring (bicyclic) bond motifs is 3. The summed E-state index contributed by atoms with van der Waals surface area (Å²) in [5, 5.41) is 105. The Balaban J connectivity index is 1.15. The van der Waals surface area contributed by atoms with E-state index in [-0.39, 0.29) is 46.8 Å². The maximum Gasteiger partial charge on any atom is 0.331 e. The Bertz CT molecular complexity index is 2250. The van der Waals surface area contributed by atoms with Gasteiger partial charge in [0.1, 0.15) is 82.1 Å². The van der Waals surface area contributed by atoms with E-state index in [0.717, 1.165) is 12.1 Å². The molecule has 4 aliphatic rings. The molecular formula is C43H52O20. The van der Waals surface area contributed by atoms with Gasteiger partial charge in [0.2, 0.25) is 23.8 Å². The van der Waals surface area contributed by atoms with Gasteiger partial charge in [0, 0.05) is 35.6 Å². The van der Waals surface area contributed by atoms with Crippen LogP contribution in [0.15, 0.2) is 69.4 Å². The predicted octanol–water partition coefficient (Wildman–Crippen LogP) is -0.734. The zero-order valence-electron chi connectivity index (χ0n) is 34.6. The van der Waals surface area contributed by atoms with Gasteiger partial charge in [-0.05, 0) is 56.2 Å². The number of phenols is 1. The molecule has 20 heteroatoms. The summed E-state index contributed by atoms with van der Waals surface area (Å²) in [7, 11) is 1.33. The topological polar surface area (TPSA) is 314 Å². The first-order valence-electron chi connectivity index (χ1n) is 20.1. The molecule has 1 aliphatic carbocycles. The molecule has 0 spiro atoms. The highest BCUT2D eigenvalue weighted by Gasteiger charge is 2.67. The van der Waals surface area contributed by atoms with Gasteiger partial charge in [0.15, 0.2) is 11.9 Å². The molecule has 3 aromatic rings. The van der Waals surface area contributed by atoms with Gasteiger partial charge in [0.05, 0.1) is 33.0 Å². The molecule has 0 radical (unpaired) electrons. The van der Waals surface area contributed by atoms with E-state index in [1.165, 1.54) is 49.6 Å². The largest absolute Gasteiger partial charge is 0.507 e. The molecule has 0 amide bonds. The van der Waals surface area contributed by atoms with Crippen molar-refractivity contribution in [2.75, 3.05) is 26.9 Å². The van der Waals surface area contributed by atoms with Crippen molar-refractivity contribution in [2.24, 2.45) is 5.41 Å². The summed E-state index contributed by atoms with van der Waals surface area (Å²) in [5.41, 5.74) is -3.97. The summed E-state index contributed by atoms with van der Waals surface area (Å²) >= 11 is 0. The third kappa shape index (κ3) is 8.42. The highest BCUT2D eigenvalue weighted by Crippen LogP contribution is 2.57. The fourth-order valence-corrected chi connectivity index (χ4v) is 8.73. The zero-order valence-corrected chi connectivity index (χ0v) is 34.6. The normalized spacial score (nSPS) is 37.0. The Hall–Kier alpha value is -4.68. The number of aliphatic hydroxyl groups is 9. The summed E-state index contributed by atoms with van der Waals surface area (Å²) in [5.74, 6) is -2.27. The molecule has 1 aromatic heterocycles. The van der Waals surface area contributed by atoms with E-state index in [4.69, 9.17) is 37.6 Å². The summed E-state index contributed by atoms with van der Waals surface area (Å²) in [6.07, 6.45) is -12.9. The van der Waals surface area contributed by atoms with E-state index >= 15 is 0 Å². The molecule has 4 heterocycles. The molecule has 20 nitrogen and oxygen atoms in total. The Morgan fingerprint density at radius 3 is 2.14 bits per heavy atom. The van der Waals surface area contributed by atoms with Crippen LogP contribution < -0.4 is 19.6 Å². The van der Waals surface area contributed by atoms with Crippen LogP contribution in [0.3, 0.4) is 0 Å². The van der Waals surface area contributed by atoms with Crippen LogP contribution >= 0.6 is 0 Å². The van der Waals surface area contributed by atoms with E-state index in [9.17, 15) is 60.7 Å². The van der Waals surface area contributed by atoms with Crippen LogP contribution in [0.1, 0.15) is 33.6 Å². The fraction of sp³-hybridized carbons (Fsp3) is 0.535. The average molecular weight is 889 g/mol. The highest BCUT2D eigenvalue weighted by molar-refractivity contribution is 5.88. The van der Waals surface area contributed by atoms with Gasteiger partial charge < -0.3 is 88.6 Å². The predicted molar refractivity (Wildman–Crippen MR) is 214 cm³/mol. The Labute approximate surface area is 359 Å². The lowest BCUT2D eigenvalue weighted by molar-refractivity contribution is -0.281. The Morgan fingerprint density at radius 2 is 1.51 bits per heavy atom. The molecule has 14 atom stereocenters. The minimum absolute atomic E-state index is 0.0169. The van der Waals surface area contributed by atoms with Gasteiger partial charge in [0.25, 0.3) is 0 Å². The second-order valence-electron chi connectivity index (χ2n) is 16.8. The number of aromatic hydroxyl groups is 1. The van der Waals surface area contributed by atoms with Crippen molar-refractivity contribution in [3.05, 3.63) is 70.4 Å². The molecule has 344 valence electrons. The van der Waals surface area contributed by atoms with E-state index in [1.54, 1.807) is 13.8 Å². The average Bonchev–Trinajstić information content (AvgIpc) is 3.33. The van der Waals surface area contributed by atoms with Gasteiger partial charge >= 0.3 is 5.97 Å². The molecule has 10 N–H and O–H groups in total. The number of aliphatic hydroxyl groups excluding tert-OH is 8. The maximum absolute atomic E-state index is 14.0. The van der Waals surface area contributed by atoms with E-state index in [1.807, 2.05) is 6.92 Å². The quantitative estimate of drug-likeness (QED) is 0.0609. The standard InChI is InChI=1S/C43H52O20/c1-19(9-10-43(55)41(2)14-21(46)15-42(43,3)57-18-41)11-28(48)62-38-34(53)31(50)27(17-45)61-40(38)58-22-7-5-20(6-8-22)36-37(63-39-35(54)33(52)30(49)26(16-44)60-39)32(51)29-24(47)12-23(56-4)13-25(29)59-36/h5-13,21,26-27,30-31,33-35,38-40,44-47,49-50,52-55H,14-18H2,1-4H3/b10-9+,19-11?. The number of hydrogen-bond donors (Lipinski definition) is 10. The second kappa shape index (κ2) is 17.7. The SMILES string of the molecule is COc1cc(O)c2c(=O)c(OC3OC(CO)C(O)C(O)C3O)c(-c3ccc(OC4OC(CO)C(O)C(O)C4OC(=O)C=C(C)/C=C/C4(O)C5(C)COC4(C)CC(O)C5)cc3)oc2c1. The molecule has 1 saturated carbocycles. The fourth-order valence-electron chi connectivity index (χ4n) is 8.73. The maximum atomic E-state index is 14.0. The number of methoxy groups -OCH3 is 1. The van der Waals surface area contributed by atoms with Crippen LogP contribution in [0.5, 0.6) is 23.0 Å². The Kier molecular flexibility index (Phi) is 13.0. The van der Waals surface area contributed by atoms with Crippen molar-refractivity contribution in [3.63, 3.8) is 0 Å². The van der Waals surface area contributed by atoms with Crippen LogP contribution in [0, 0.1) is 5.41 Å². The summed E-state index contributed by atoms with van der Waals surface area (Å²) in [6, 6.07) is 7.96. The summed E-state index contributed by atoms with van der Waals surface area (Å²) in [4.78, 5) is 27.3. The molecule has 3 saturated heterocycles. The molecule has 2 bridgehead atoms. The first kappa shape index (κ1) is 46.3. The third-order valence-electron chi connectivity index (χ3n) is 12.4. The van der Waals surface area contributed by atoms with Crippen molar-refractivity contribution in [2.45, 2.75) is 112 Å². The van der Waals surface area contributed by atoms with Gasteiger partial charge in [-0.3, -0.25) is 4.79 Å². The number of carbonyl (C=O) groups excluding carboxylic acids is 1. The third-order valence-corrected chi connectivity index (χ3v) is 12.4. The lowest BCUT2D eigenvalue weighted by Crippen LogP contribution is -2.61. The van der Waals surface area contributed by atoms with E-state index in [0.29, 0.717) is 12.0 Å². The molecule has 3 aliphatic heterocycles. The molecular weight excluding hydrogens is 836 g/mol. The lowest BCUT2D eigenvalue weighted by Gasteiger charge is -2.49. The number of phenolic OH excluding ortho intramolecular Hbond substituents is 1. The van der Waals surface area contributed by atoms with Crippen LogP contribution in [-0.4, -0.2) is 163 Å².